The summed E-state index contributed by atoms with van der Waals surface area (Å²) in [5, 5.41) is 8.99. The first kappa shape index (κ1) is 17.5. The number of hydrogen-bond donors (Lipinski definition) is 0. The lowest BCUT2D eigenvalue weighted by Gasteiger charge is -2.39. The van der Waals surface area contributed by atoms with E-state index in [2.05, 4.69) is 4.90 Å². The maximum absolute atomic E-state index is 13.2. The van der Waals surface area contributed by atoms with Crippen LogP contribution in [0.1, 0.15) is 17.2 Å². The molecule has 25 heavy (non-hydrogen) atoms. The number of nitriles is 1. The third kappa shape index (κ3) is 3.56. The molecule has 1 aliphatic rings. The van der Waals surface area contributed by atoms with Crippen LogP contribution in [0.15, 0.2) is 53.4 Å². The van der Waals surface area contributed by atoms with Crippen LogP contribution in [0.2, 0.25) is 0 Å². The number of piperazine rings is 1. The standard InChI is InChI=1S/C18H18FN3O2S/c1-21-9-10-22(13-18(21)15-5-7-16(19)8-6-15)25(23,24)17-4-2-3-14(11-17)12-20/h2-8,11,18H,9-10,13H2,1H3. The molecular weight excluding hydrogens is 341 g/mol. The highest BCUT2D eigenvalue weighted by atomic mass is 32.2. The molecule has 0 N–H and O–H groups in total. The van der Waals surface area contributed by atoms with Crippen molar-refractivity contribution in [1.82, 2.24) is 9.21 Å². The highest BCUT2D eigenvalue weighted by molar-refractivity contribution is 7.89. The minimum absolute atomic E-state index is 0.119. The lowest BCUT2D eigenvalue weighted by molar-refractivity contribution is 0.148. The summed E-state index contributed by atoms with van der Waals surface area (Å²) in [6, 6.07) is 14.0. The van der Waals surface area contributed by atoms with Crippen LogP contribution in [0.25, 0.3) is 0 Å². The minimum Gasteiger partial charge on any atom is -0.297 e. The fraction of sp³-hybridized carbons (Fsp3) is 0.278. The zero-order chi connectivity index (χ0) is 18.0. The number of nitrogens with zero attached hydrogens (tertiary/aromatic N) is 3. The van der Waals surface area contributed by atoms with Gasteiger partial charge in [0.1, 0.15) is 5.82 Å². The molecule has 130 valence electrons. The molecule has 2 aromatic rings. The van der Waals surface area contributed by atoms with Gasteiger partial charge < -0.3 is 0 Å². The predicted octanol–water partition coefficient (Wildman–Crippen LogP) is 2.37. The van der Waals surface area contributed by atoms with Crippen molar-refractivity contribution in [3.05, 3.63) is 65.5 Å². The summed E-state index contributed by atoms with van der Waals surface area (Å²) in [5.74, 6) is -0.319. The molecule has 0 amide bonds. The first-order valence-electron chi connectivity index (χ1n) is 7.88. The molecule has 0 radical (unpaired) electrons. The van der Waals surface area contributed by atoms with E-state index in [1.165, 1.54) is 28.6 Å². The van der Waals surface area contributed by atoms with Crippen molar-refractivity contribution in [2.24, 2.45) is 0 Å². The van der Waals surface area contributed by atoms with Crippen molar-refractivity contribution < 1.29 is 12.8 Å². The molecule has 1 heterocycles. The summed E-state index contributed by atoms with van der Waals surface area (Å²) in [6.07, 6.45) is 0. The number of benzene rings is 2. The summed E-state index contributed by atoms with van der Waals surface area (Å²) in [7, 11) is -1.76. The van der Waals surface area contributed by atoms with Gasteiger partial charge in [0.25, 0.3) is 0 Å². The van der Waals surface area contributed by atoms with Crippen LogP contribution in [-0.4, -0.2) is 44.3 Å². The van der Waals surface area contributed by atoms with Gasteiger partial charge in [0, 0.05) is 25.7 Å². The van der Waals surface area contributed by atoms with Crippen molar-refractivity contribution in [2.75, 3.05) is 26.7 Å². The Labute approximate surface area is 147 Å². The number of hydrogen-bond acceptors (Lipinski definition) is 4. The smallest absolute Gasteiger partial charge is 0.243 e. The minimum atomic E-state index is -3.69. The molecule has 1 saturated heterocycles. The van der Waals surface area contributed by atoms with Crippen LogP contribution in [0.3, 0.4) is 0 Å². The van der Waals surface area contributed by atoms with Crippen molar-refractivity contribution >= 4 is 10.0 Å². The number of halogens is 1. The maximum atomic E-state index is 13.2. The number of rotatable bonds is 3. The van der Waals surface area contributed by atoms with Crippen molar-refractivity contribution in [3.8, 4) is 6.07 Å². The quantitative estimate of drug-likeness (QED) is 0.844. The molecule has 7 heteroatoms. The van der Waals surface area contributed by atoms with Crippen LogP contribution in [0.5, 0.6) is 0 Å². The Morgan fingerprint density at radius 3 is 2.56 bits per heavy atom. The van der Waals surface area contributed by atoms with Crippen LogP contribution in [0.4, 0.5) is 4.39 Å². The van der Waals surface area contributed by atoms with E-state index in [4.69, 9.17) is 5.26 Å². The van der Waals surface area contributed by atoms with Gasteiger partial charge in [-0.1, -0.05) is 18.2 Å². The van der Waals surface area contributed by atoms with E-state index in [0.29, 0.717) is 18.7 Å². The summed E-state index contributed by atoms with van der Waals surface area (Å²) < 4.78 is 40.5. The summed E-state index contributed by atoms with van der Waals surface area (Å²) >= 11 is 0. The van der Waals surface area contributed by atoms with Crippen molar-refractivity contribution in [2.45, 2.75) is 10.9 Å². The molecule has 0 spiro atoms. The average molecular weight is 359 g/mol. The molecule has 1 unspecified atom stereocenters. The topological polar surface area (TPSA) is 64.4 Å². The molecule has 0 saturated carbocycles. The predicted molar refractivity (Wildman–Crippen MR) is 91.7 cm³/mol. The molecule has 1 atom stereocenters. The Morgan fingerprint density at radius 2 is 1.88 bits per heavy atom. The number of likely N-dealkylation sites (N-methyl/N-ethyl adjacent to an activating group) is 1. The van der Waals surface area contributed by atoms with Gasteiger partial charge in [-0.05, 0) is 42.9 Å². The molecule has 0 bridgehead atoms. The van der Waals surface area contributed by atoms with Gasteiger partial charge in [-0.2, -0.15) is 9.57 Å². The third-order valence-electron chi connectivity index (χ3n) is 4.47. The molecule has 0 aromatic heterocycles. The van der Waals surface area contributed by atoms with E-state index in [1.54, 1.807) is 24.3 Å². The van der Waals surface area contributed by atoms with Gasteiger partial charge in [0.05, 0.1) is 16.5 Å². The highest BCUT2D eigenvalue weighted by Gasteiger charge is 2.33. The average Bonchev–Trinajstić information content (AvgIpc) is 2.63. The van der Waals surface area contributed by atoms with E-state index < -0.39 is 10.0 Å². The second-order valence-electron chi connectivity index (χ2n) is 6.05. The maximum Gasteiger partial charge on any atom is 0.243 e. The molecule has 1 aliphatic heterocycles. The Balaban J connectivity index is 1.89. The van der Waals surface area contributed by atoms with Gasteiger partial charge in [-0.25, -0.2) is 12.8 Å². The second-order valence-corrected chi connectivity index (χ2v) is 7.99. The summed E-state index contributed by atoms with van der Waals surface area (Å²) in [6.45, 7) is 1.22. The van der Waals surface area contributed by atoms with Crippen LogP contribution < -0.4 is 0 Å². The molecule has 0 aliphatic carbocycles. The zero-order valence-electron chi connectivity index (χ0n) is 13.8. The second kappa shape index (κ2) is 6.92. The van der Waals surface area contributed by atoms with E-state index in [9.17, 15) is 12.8 Å². The number of sulfonamides is 1. The van der Waals surface area contributed by atoms with Gasteiger partial charge >= 0.3 is 0 Å². The Bertz CT molecular complexity index is 907. The Morgan fingerprint density at radius 1 is 1.16 bits per heavy atom. The molecule has 1 fully saturated rings. The monoisotopic (exact) mass is 359 g/mol. The highest BCUT2D eigenvalue weighted by Crippen LogP contribution is 2.28. The molecular formula is C18H18FN3O2S. The fourth-order valence-corrected chi connectivity index (χ4v) is 4.47. The first-order valence-corrected chi connectivity index (χ1v) is 9.32. The van der Waals surface area contributed by atoms with E-state index in [-0.39, 0.29) is 23.3 Å². The van der Waals surface area contributed by atoms with Gasteiger partial charge in [-0.3, -0.25) is 4.90 Å². The normalized spacial score (nSPS) is 19.5. The van der Waals surface area contributed by atoms with Crippen LogP contribution in [0, 0.1) is 17.1 Å². The van der Waals surface area contributed by atoms with Crippen LogP contribution >= 0.6 is 0 Å². The van der Waals surface area contributed by atoms with Gasteiger partial charge in [0.15, 0.2) is 0 Å². The first-order chi connectivity index (χ1) is 11.9. The molecule has 5 nitrogen and oxygen atoms in total. The molecule has 2 aromatic carbocycles. The largest absolute Gasteiger partial charge is 0.297 e. The van der Waals surface area contributed by atoms with Crippen molar-refractivity contribution in [1.29, 1.82) is 5.26 Å². The van der Waals surface area contributed by atoms with Gasteiger partial charge in [-0.15, -0.1) is 0 Å². The van der Waals surface area contributed by atoms with E-state index >= 15 is 0 Å². The van der Waals surface area contributed by atoms with E-state index in [1.807, 2.05) is 13.1 Å². The molecule has 3 rings (SSSR count). The third-order valence-corrected chi connectivity index (χ3v) is 6.33. The zero-order valence-corrected chi connectivity index (χ0v) is 14.6. The summed E-state index contributed by atoms with van der Waals surface area (Å²) in [5.41, 5.74) is 1.18. The van der Waals surface area contributed by atoms with E-state index in [0.717, 1.165) is 5.56 Å². The van der Waals surface area contributed by atoms with Crippen LogP contribution in [-0.2, 0) is 10.0 Å². The Hall–Kier alpha value is -2.27. The lowest BCUT2D eigenvalue weighted by Crippen LogP contribution is -2.48. The summed E-state index contributed by atoms with van der Waals surface area (Å²) in [4.78, 5) is 2.18. The SMILES string of the molecule is CN1CCN(S(=O)(=O)c2cccc(C#N)c2)CC1c1ccc(F)cc1. The Kier molecular flexibility index (Phi) is 4.86. The fourth-order valence-electron chi connectivity index (χ4n) is 2.99. The lowest BCUT2D eigenvalue weighted by atomic mass is 10.0. The van der Waals surface area contributed by atoms with Gasteiger partial charge in [0.2, 0.25) is 10.0 Å². The van der Waals surface area contributed by atoms with Crippen molar-refractivity contribution in [3.63, 3.8) is 0 Å².